The average Bonchev–Trinajstić information content (AvgIpc) is 3.51. The lowest BCUT2D eigenvalue weighted by molar-refractivity contribution is 0.306. The van der Waals surface area contributed by atoms with E-state index in [4.69, 9.17) is 15.2 Å². The number of benzene rings is 3. The predicted octanol–water partition coefficient (Wildman–Crippen LogP) is 5.94. The molecule has 0 radical (unpaired) electrons. The Labute approximate surface area is 201 Å². The van der Waals surface area contributed by atoms with Crippen molar-refractivity contribution in [2.75, 3.05) is 12.8 Å². The number of H-pyrrole nitrogens is 2. The Morgan fingerprint density at radius 3 is 2.60 bits per heavy atom. The van der Waals surface area contributed by atoms with Gasteiger partial charge in [0.05, 0.1) is 12.6 Å². The fourth-order valence-corrected chi connectivity index (χ4v) is 4.28. The van der Waals surface area contributed by atoms with Crippen molar-refractivity contribution in [1.82, 2.24) is 20.2 Å². The van der Waals surface area contributed by atoms with Crippen LogP contribution in [-0.4, -0.2) is 27.3 Å². The normalized spacial score (nSPS) is 11.2. The fraction of sp³-hybridized carbons (Fsp3) is 0.0714. The summed E-state index contributed by atoms with van der Waals surface area (Å²) in [7, 11) is 1.66. The molecule has 3 aromatic carbocycles. The zero-order valence-corrected chi connectivity index (χ0v) is 19.1. The van der Waals surface area contributed by atoms with E-state index in [9.17, 15) is 0 Å². The van der Waals surface area contributed by atoms with Gasteiger partial charge in [-0.25, -0.2) is 4.98 Å². The first-order valence-electron chi connectivity index (χ1n) is 11.3. The highest BCUT2D eigenvalue weighted by Crippen LogP contribution is 2.34. The van der Waals surface area contributed by atoms with Gasteiger partial charge in [-0.15, -0.1) is 0 Å². The molecule has 7 nitrogen and oxygen atoms in total. The summed E-state index contributed by atoms with van der Waals surface area (Å²) in [5, 5.41) is 9.00. The number of hydrogen-bond donors (Lipinski definition) is 3. The number of aromatic nitrogens is 4. The number of nitrogen functional groups attached to an aromatic ring is 1. The van der Waals surface area contributed by atoms with Crippen molar-refractivity contribution in [1.29, 1.82) is 0 Å². The fourth-order valence-electron chi connectivity index (χ4n) is 4.28. The highest BCUT2D eigenvalue weighted by molar-refractivity contribution is 5.99. The lowest BCUT2D eigenvalue weighted by Crippen LogP contribution is -1.95. The third-order valence-electron chi connectivity index (χ3n) is 6.14. The number of anilines is 1. The van der Waals surface area contributed by atoms with Gasteiger partial charge < -0.3 is 20.2 Å². The molecule has 6 aromatic rings. The number of methoxy groups -OCH3 is 1. The molecule has 0 saturated carbocycles. The molecule has 0 spiro atoms. The number of nitrogens with zero attached hydrogens (tertiary/aromatic N) is 2. The van der Waals surface area contributed by atoms with Crippen LogP contribution in [0.1, 0.15) is 5.56 Å². The molecule has 0 fully saturated rings. The zero-order valence-electron chi connectivity index (χ0n) is 19.1. The SMILES string of the molecule is COc1ccc(COc2cccc(-c3cc4c(-c5ccc6[nH]nc(N)c6c5)ccnc4[nH]3)c2)cc1. The summed E-state index contributed by atoms with van der Waals surface area (Å²) < 4.78 is 11.3. The summed E-state index contributed by atoms with van der Waals surface area (Å²) in [6, 6.07) is 26.2. The van der Waals surface area contributed by atoms with E-state index in [0.29, 0.717) is 12.4 Å². The molecular formula is C28H23N5O2. The van der Waals surface area contributed by atoms with E-state index in [1.54, 1.807) is 7.11 Å². The number of nitrogens with two attached hydrogens (primary N) is 1. The molecule has 0 aliphatic heterocycles. The van der Waals surface area contributed by atoms with Gasteiger partial charge in [0.25, 0.3) is 0 Å². The molecule has 0 aliphatic carbocycles. The Bertz CT molecular complexity index is 1650. The van der Waals surface area contributed by atoms with Crippen LogP contribution in [0.15, 0.2) is 85.1 Å². The Kier molecular flexibility index (Phi) is 5.07. The summed E-state index contributed by atoms with van der Waals surface area (Å²) in [4.78, 5) is 8.01. The van der Waals surface area contributed by atoms with Gasteiger partial charge in [0.2, 0.25) is 0 Å². The van der Waals surface area contributed by atoms with Gasteiger partial charge in [-0.05, 0) is 65.2 Å². The van der Waals surface area contributed by atoms with Crippen LogP contribution < -0.4 is 15.2 Å². The van der Waals surface area contributed by atoms with Gasteiger partial charge in [0.15, 0.2) is 5.82 Å². The lowest BCUT2D eigenvalue weighted by Gasteiger charge is -2.08. The Hall–Kier alpha value is -4.78. The Balaban J connectivity index is 1.30. The highest BCUT2D eigenvalue weighted by Gasteiger charge is 2.12. The number of pyridine rings is 1. The first kappa shape index (κ1) is 20.8. The highest BCUT2D eigenvalue weighted by atomic mass is 16.5. The van der Waals surface area contributed by atoms with Crippen LogP contribution in [0.3, 0.4) is 0 Å². The van der Waals surface area contributed by atoms with Crippen molar-refractivity contribution in [2.45, 2.75) is 6.61 Å². The van der Waals surface area contributed by atoms with Crippen LogP contribution in [0.5, 0.6) is 11.5 Å². The van der Waals surface area contributed by atoms with E-state index < -0.39 is 0 Å². The monoisotopic (exact) mass is 461 g/mol. The number of aromatic amines is 2. The Morgan fingerprint density at radius 2 is 1.74 bits per heavy atom. The standard InChI is InChI=1S/C28H23N5O2/c1-34-20-8-5-17(6-9-20)16-35-21-4-2-3-19(13-21)26-15-23-22(11-12-30-28(23)31-26)18-7-10-25-24(14-18)27(29)33-32-25/h2-15H,16H2,1H3,(H,30,31)(H3,29,32,33). The van der Waals surface area contributed by atoms with Crippen molar-refractivity contribution >= 4 is 27.8 Å². The van der Waals surface area contributed by atoms with Crippen LogP contribution >= 0.6 is 0 Å². The van der Waals surface area contributed by atoms with Gasteiger partial charge in [-0.3, -0.25) is 5.10 Å². The minimum absolute atomic E-state index is 0.478. The van der Waals surface area contributed by atoms with E-state index >= 15 is 0 Å². The molecule has 35 heavy (non-hydrogen) atoms. The summed E-state index contributed by atoms with van der Waals surface area (Å²) in [5.74, 6) is 2.12. The second kappa shape index (κ2) is 8.53. The van der Waals surface area contributed by atoms with Gasteiger partial charge in [0.1, 0.15) is 23.8 Å². The molecule has 172 valence electrons. The van der Waals surface area contributed by atoms with Gasteiger partial charge >= 0.3 is 0 Å². The second-order valence-electron chi connectivity index (χ2n) is 8.34. The van der Waals surface area contributed by atoms with Crippen molar-refractivity contribution < 1.29 is 9.47 Å². The van der Waals surface area contributed by atoms with Crippen molar-refractivity contribution in [3.05, 3.63) is 90.6 Å². The molecule has 0 unspecified atom stereocenters. The maximum atomic E-state index is 6.05. The molecule has 0 aliphatic rings. The Morgan fingerprint density at radius 1 is 0.857 bits per heavy atom. The molecule has 0 bridgehead atoms. The summed E-state index contributed by atoms with van der Waals surface area (Å²) >= 11 is 0. The molecule has 0 amide bonds. The zero-order chi connectivity index (χ0) is 23.8. The molecule has 4 N–H and O–H groups in total. The minimum Gasteiger partial charge on any atom is -0.497 e. The van der Waals surface area contributed by atoms with E-state index in [0.717, 1.165) is 61.4 Å². The lowest BCUT2D eigenvalue weighted by atomic mass is 10.0. The number of ether oxygens (including phenoxy) is 2. The molecular weight excluding hydrogens is 438 g/mol. The van der Waals surface area contributed by atoms with Crippen LogP contribution in [-0.2, 0) is 6.61 Å². The van der Waals surface area contributed by atoms with E-state index in [1.807, 2.05) is 60.8 Å². The van der Waals surface area contributed by atoms with Crippen molar-refractivity contribution in [3.8, 4) is 33.9 Å². The molecule has 7 heteroatoms. The third kappa shape index (κ3) is 3.93. The van der Waals surface area contributed by atoms with Crippen molar-refractivity contribution in [2.24, 2.45) is 0 Å². The molecule has 0 saturated heterocycles. The maximum Gasteiger partial charge on any atom is 0.153 e. The number of fused-ring (bicyclic) bond motifs is 2. The smallest absolute Gasteiger partial charge is 0.153 e. The summed E-state index contributed by atoms with van der Waals surface area (Å²) in [6.07, 6.45) is 1.81. The van der Waals surface area contributed by atoms with Gasteiger partial charge in [0, 0.05) is 28.2 Å². The second-order valence-corrected chi connectivity index (χ2v) is 8.34. The van der Waals surface area contributed by atoms with Crippen LogP contribution in [0, 0.1) is 0 Å². The van der Waals surface area contributed by atoms with E-state index in [1.165, 1.54) is 0 Å². The minimum atomic E-state index is 0.478. The molecule has 6 rings (SSSR count). The summed E-state index contributed by atoms with van der Waals surface area (Å²) in [5.41, 5.74) is 13.0. The van der Waals surface area contributed by atoms with E-state index in [-0.39, 0.29) is 0 Å². The first-order chi connectivity index (χ1) is 17.2. The van der Waals surface area contributed by atoms with Crippen LogP contribution in [0.25, 0.3) is 44.3 Å². The molecule has 3 heterocycles. The largest absolute Gasteiger partial charge is 0.497 e. The maximum absolute atomic E-state index is 6.05. The van der Waals surface area contributed by atoms with Crippen LogP contribution in [0.2, 0.25) is 0 Å². The molecule has 3 aromatic heterocycles. The predicted molar refractivity (Wildman–Crippen MR) is 138 cm³/mol. The average molecular weight is 462 g/mol. The number of hydrogen-bond acceptors (Lipinski definition) is 5. The van der Waals surface area contributed by atoms with E-state index in [2.05, 4.69) is 44.4 Å². The quantitative estimate of drug-likeness (QED) is 0.285. The van der Waals surface area contributed by atoms with Crippen molar-refractivity contribution in [3.63, 3.8) is 0 Å². The summed E-state index contributed by atoms with van der Waals surface area (Å²) in [6.45, 7) is 0.478. The number of nitrogens with one attached hydrogen (secondary N) is 2. The topological polar surface area (TPSA) is 102 Å². The first-order valence-corrected chi connectivity index (χ1v) is 11.3. The van der Waals surface area contributed by atoms with Crippen LogP contribution in [0.4, 0.5) is 5.82 Å². The molecule has 0 atom stereocenters. The van der Waals surface area contributed by atoms with Gasteiger partial charge in [-0.1, -0.05) is 30.3 Å². The van der Waals surface area contributed by atoms with Gasteiger partial charge in [-0.2, -0.15) is 5.10 Å². The number of rotatable bonds is 6. The third-order valence-corrected chi connectivity index (χ3v) is 6.14.